The van der Waals surface area contributed by atoms with Gasteiger partial charge in [-0.25, -0.2) is 17.8 Å². The van der Waals surface area contributed by atoms with E-state index in [9.17, 15) is 30.8 Å². The van der Waals surface area contributed by atoms with E-state index in [1.54, 1.807) is 4.90 Å². The van der Waals surface area contributed by atoms with Crippen LogP contribution < -0.4 is 14.9 Å². The molecule has 1 atom stereocenters. The summed E-state index contributed by atoms with van der Waals surface area (Å²) in [4.78, 5) is 17.8. The summed E-state index contributed by atoms with van der Waals surface area (Å²) in [5.74, 6) is -0.880. The topological polar surface area (TPSA) is 91.4 Å². The average molecular weight is 508 g/mol. The number of rotatable bonds is 6. The molecule has 0 radical (unpaired) electrons. The van der Waals surface area contributed by atoms with E-state index in [2.05, 4.69) is 15.0 Å². The largest absolute Gasteiger partial charge is 0.417 e. The van der Waals surface area contributed by atoms with E-state index < -0.39 is 32.5 Å². The van der Waals surface area contributed by atoms with Crippen molar-refractivity contribution >= 4 is 27.4 Å². The fourth-order valence-corrected chi connectivity index (χ4v) is 4.80. The number of nitrogens with zero attached hydrogens (tertiary/aromatic N) is 2. The number of aromatic nitrogens is 1. The van der Waals surface area contributed by atoms with Crippen LogP contribution in [0.2, 0.25) is 0 Å². The van der Waals surface area contributed by atoms with Gasteiger partial charge in [0.15, 0.2) is 0 Å². The van der Waals surface area contributed by atoms with E-state index in [-0.39, 0.29) is 23.2 Å². The third-order valence-corrected chi connectivity index (χ3v) is 6.86. The minimum Gasteiger partial charge on any atom is -0.354 e. The summed E-state index contributed by atoms with van der Waals surface area (Å²) in [7, 11) is -4.14. The molecule has 1 aromatic heterocycles. The molecule has 2 N–H and O–H groups in total. The summed E-state index contributed by atoms with van der Waals surface area (Å²) >= 11 is 0. The zero-order chi connectivity index (χ0) is 25.2. The van der Waals surface area contributed by atoms with Crippen molar-refractivity contribution < 1.29 is 30.8 Å². The van der Waals surface area contributed by atoms with Crippen molar-refractivity contribution in [3.05, 3.63) is 83.8 Å². The lowest BCUT2D eigenvalue weighted by molar-refractivity contribution is -0.137. The van der Waals surface area contributed by atoms with Crippen molar-refractivity contribution in [3.63, 3.8) is 0 Å². The Morgan fingerprint density at radius 3 is 2.37 bits per heavy atom. The maximum absolute atomic E-state index is 13.8. The number of sulfonamides is 1. The summed E-state index contributed by atoms with van der Waals surface area (Å²) in [6.07, 6.45) is -3.10. The summed E-state index contributed by atoms with van der Waals surface area (Å²) in [5, 5.41) is 2.85. The lowest BCUT2D eigenvalue weighted by Crippen LogP contribution is -2.37. The van der Waals surface area contributed by atoms with Gasteiger partial charge in [-0.2, -0.15) is 13.2 Å². The number of carbonyl (C=O) groups excluding carboxylic acids is 1. The Labute approximate surface area is 198 Å². The Morgan fingerprint density at radius 1 is 1.03 bits per heavy atom. The normalized spacial score (nSPS) is 16.2. The number of halogens is 4. The summed E-state index contributed by atoms with van der Waals surface area (Å²) < 4.78 is 79.0. The second kappa shape index (κ2) is 9.53. The van der Waals surface area contributed by atoms with Gasteiger partial charge in [-0.3, -0.25) is 9.52 Å². The van der Waals surface area contributed by atoms with Crippen molar-refractivity contribution in [2.75, 3.05) is 22.7 Å². The summed E-state index contributed by atoms with van der Waals surface area (Å²) in [6, 6.07) is 12.6. The molecule has 0 aliphatic carbocycles. The molecule has 3 aromatic rings. The minimum absolute atomic E-state index is 0.158. The number of carbonyl (C=O) groups is 1. The van der Waals surface area contributed by atoms with Crippen LogP contribution in [-0.4, -0.2) is 38.4 Å². The predicted octanol–water partition coefficient (Wildman–Crippen LogP) is 4.05. The van der Waals surface area contributed by atoms with Gasteiger partial charge in [0, 0.05) is 36.6 Å². The molecule has 4 rings (SSSR count). The van der Waals surface area contributed by atoms with E-state index in [4.69, 9.17) is 0 Å². The molecule has 0 saturated carbocycles. The number of hydrogen-bond acceptors (Lipinski definition) is 5. The van der Waals surface area contributed by atoms with Crippen LogP contribution in [0.15, 0.2) is 71.8 Å². The smallest absolute Gasteiger partial charge is 0.354 e. The number of nitrogens with one attached hydrogen (secondary N) is 2. The van der Waals surface area contributed by atoms with Crippen molar-refractivity contribution in [2.45, 2.75) is 23.5 Å². The van der Waals surface area contributed by atoms with Crippen LogP contribution in [-0.2, 0) is 16.2 Å². The Hall–Kier alpha value is -3.67. The summed E-state index contributed by atoms with van der Waals surface area (Å²) in [5.41, 5.74) is -0.389. The molecular formula is C23H20F4N4O3S. The number of hydrogen-bond donors (Lipinski definition) is 2. The van der Waals surface area contributed by atoms with Crippen LogP contribution in [0.3, 0.4) is 0 Å². The number of pyridine rings is 1. The molecule has 0 spiro atoms. The molecule has 184 valence electrons. The van der Waals surface area contributed by atoms with Crippen LogP contribution in [0.1, 0.15) is 22.3 Å². The van der Waals surface area contributed by atoms with E-state index in [0.29, 0.717) is 25.3 Å². The molecule has 1 aliphatic rings. The van der Waals surface area contributed by atoms with Gasteiger partial charge in [-0.15, -0.1) is 0 Å². The molecule has 7 nitrogen and oxygen atoms in total. The summed E-state index contributed by atoms with van der Waals surface area (Å²) in [6.45, 7) is 0.894. The Morgan fingerprint density at radius 2 is 1.74 bits per heavy atom. The van der Waals surface area contributed by atoms with Crippen molar-refractivity contribution in [1.29, 1.82) is 0 Å². The van der Waals surface area contributed by atoms with Gasteiger partial charge >= 0.3 is 6.18 Å². The van der Waals surface area contributed by atoms with Gasteiger partial charge in [-0.05, 0) is 55.0 Å². The van der Waals surface area contributed by atoms with Crippen LogP contribution in [0.5, 0.6) is 0 Å². The zero-order valence-electron chi connectivity index (χ0n) is 18.1. The first kappa shape index (κ1) is 24.5. The first-order chi connectivity index (χ1) is 16.5. The minimum atomic E-state index is -4.46. The molecule has 0 bridgehead atoms. The molecule has 2 aromatic carbocycles. The van der Waals surface area contributed by atoms with Crippen LogP contribution in [0.25, 0.3) is 0 Å². The van der Waals surface area contributed by atoms with E-state index in [1.807, 2.05) is 0 Å². The lowest BCUT2D eigenvalue weighted by Gasteiger charge is -2.18. The molecular weight excluding hydrogens is 488 g/mol. The van der Waals surface area contributed by atoms with Crippen LogP contribution in [0, 0.1) is 5.82 Å². The molecule has 1 saturated heterocycles. The third-order valence-electron chi connectivity index (χ3n) is 5.45. The van der Waals surface area contributed by atoms with Crippen LogP contribution >= 0.6 is 0 Å². The molecule has 35 heavy (non-hydrogen) atoms. The highest BCUT2D eigenvalue weighted by Gasteiger charge is 2.31. The first-order valence-corrected chi connectivity index (χ1v) is 12.0. The fourth-order valence-electron chi connectivity index (χ4n) is 3.66. The molecule has 1 amide bonds. The first-order valence-electron chi connectivity index (χ1n) is 10.5. The van der Waals surface area contributed by atoms with Crippen molar-refractivity contribution in [3.8, 4) is 0 Å². The van der Waals surface area contributed by atoms with Gasteiger partial charge in [0.1, 0.15) is 16.5 Å². The number of amides is 1. The SMILES string of the molecule is O=C(NC1CCN(c2ccc(C(F)(F)F)cn2)C1)c1ccc(NS(=O)(=O)c2ccccc2F)cc1. The Balaban J connectivity index is 1.35. The Kier molecular flexibility index (Phi) is 6.66. The molecule has 2 heterocycles. The molecule has 12 heteroatoms. The zero-order valence-corrected chi connectivity index (χ0v) is 18.9. The second-order valence-corrected chi connectivity index (χ2v) is 9.57. The lowest BCUT2D eigenvalue weighted by atomic mass is 10.1. The molecule has 1 unspecified atom stereocenters. The van der Waals surface area contributed by atoms with E-state index in [1.165, 1.54) is 42.5 Å². The highest BCUT2D eigenvalue weighted by atomic mass is 32.2. The number of anilines is 2. The maximum atomic E-state index is 13.8. The maximum Gasteiger partial charge on any atom is 0.417 e. The van der Waals surface area contributed by atoms with Gasteiger partial charge in [0.2, 0.25) is 0 Å². The highest BCUT2D eigenvalue weighted by Crippen LogP contribution is 2.30. The number of alkyl halides is 3. The van der Waals surface area contributed by atoms with E-state index in [0.717, 1.165) is 24.4 Å². The second-order valence-electron chi connectivity index (χ2n) is 7.92. The van der Waals surface area contributed by atoms with Gasteiger partial charge in [-0.1, -0.05) is 12.1 Å². The van der Waals surface area contributed by atoms with Gasteiger partial charge in [0.05, 0.1) is 5.56 Å². The monoisotopic (exact) mass is 508 g/mol. The fraction of sp³-hybridized carbons (Fsp3) is 0.217. The third kappa shape index (κ3) is 5.70. The quantitative estimate of drug-likeness (QED) is 0.491. The predicted molar refractivity (Wildman–Crippen MR) is 121 cm³/mol. The van der Waals surface area contributed by atoms with Crippen molar-refractivity contribution in [1.82, 2.24) is 10.3 Å². The highest BCUT2D eigenvalue weighted by molar-refractivity contribution is 7.92. The van der Waals surface area contributed by atoms with Gasteiger partial charge in [0.25, 0.3) is 15.9 Å². The molecule has 1 aliphatic heterocycles. The Bertz CT molecular complexity index is 1310. The number of benzene rings is 2. The van der Waals surface area contributed by atoms with Crippen molar-refractivity contribution in [2.24, 2.45) is 0 Å². The van der Waals surface area contributed by atoms with Gasteiger partial charge < -0.3 is 10.2 Å². The van der Waals surface area contributed by atoms with Crippen LogP contribution in [0.4, 0.5) is 29.1 Å². The van der Waals surface area contributed by atoms with E-state index >= 15 is 0 Å². The molecule has 1 fully saturated rings. The average Bonchev–Trinajstić information content (AvgIpc) is 3.27. The standard InChI is InChI=1S/C23H20F4N4O3S/c24-19-3-1-2-4-20(19)35(33,34)30-17-8-5-15(6-9-17)22(32)29-18-11-12-31(14-18)21-10-7-16(13-28-21)23(25,26)27/h1-10,13,18,30H,11-12,14H2,(H,29,32).